The van der Waals surface area contributed by atoms with Crippen molar-refractivity contribution in [2.45, 2.75) is 0 Å². The molecule has 0 aliphatic carbocycles. The van der Waals surface area contributed by atoms with Crippen LogP contribution in [0.15, 0.2) is 89.5 Å². The summed E-state index contributed by atoms with van der Waals surface area (Å²) in [6.45, 7) is -0.414. The zero-order valence-corrected chi connectivity index (χ0v) is 16.3. The smallest absolute Gasteiger partial charge is 0.338 e. The number of carbonyl (C=O) groups is 3. The fourth-order valence-corrected chi connectivity index (χ4v) is 2.97. The van der Waals surface area contributed by atoms with E-state index in [0.717, 1.165) is 10.8 Å². The zero-order chi connectivity index (χ0) is 21.6. The molecule has 2 N–H and O–H groups in total. The normalized spacial score (nSPS) is 10.5. The van der Waals surface area contributed by atoms with E-state index in [1.54, 1.807) is 30.3 Å². The Labute approximate surface area is 177 Å². The second kappa shape index (κ2) is 8.96. The first-order valence-corrected chi connectivity index (χ1v) is 9.49. The molecule has 0 saturated heterocycles. The summed E-state index contributed by atoms with van der Waals surface area (Å²) in [4.78, 5) is 36.3. The van der Waals surface area contributed by atoms with Gasteiger partial charge >= 0.3 is 5.97 Å². The van der Waals surface area contributed by atoms with Gasteiger partial charge in [-0.25, -0.2) is 4.79 Å². The van der Waals surface area contributed by atoms with Crippen LogP contribution in [0.1, 0.15) is 20.9 Å². The summed E-state index contributed by atoms with van der Waals surface area (Å²) < 4.78 is 10.1. The van der Waals surface area contributed by atoms with E-state index in [0.29, 0.717) is 11.4 Å². The number of anilines is 2. The highest BCUT2D eigenvalue weighted by Crippen LogP contribution is 2.19. The first-order chi connectivity index (χ1) is 15.1. The van der Waals surface area contributed by atoms with E-state index in [1.165, 1.54) is 18.4 Å². The minimum absolute atomic E-state index is 0.181. The SMILES string of the molecule is O=C(COC(=O)c1ccc(NC(=O)c2ccco2)cc1)Nc1ccc2ccccc2c1. The van der Waals surface area contributed by atoms with E-state index in [-0.39, 0.29) is 11.3 Å². The van der Waals surface area contributed by atoms with E-state index in [9.17, 15) is 14.4 Å². The summed E-state index contributed by atoms with van der Waals surface area (Å²) in [5, 5.41) is 7.43. The maximum Gasteiger partial charge on any atom is 0.338 e. The number of carbonyl (C=O) groups excluding carboxylic acids is 3. The van der Waals surface area contributed by atoms with Crippen molar-refractivity contribution >= 4 is 39.9 Å². The van der Waals surface area contributed by atoms with E-state index < -0.39 is 24.4 Å². The lowest BCUT2D eigenvalue weighted by atomic mass is 10.1. The Morgan fingerprint density at radius 3 is 2.26 bits per heavy atom. The van der Waals surface area contributed by atoms with Crippen molar-refractivity contribution in [3.63, 3.8) is 0 Å². The molecule has 154 valence electrons. The quantitative estimate of drug-likeness (QED) is 0.453. The molecule has 0 fully saturated rings. The molecular formula is C24H18N2O5. The van der Waals surface area contributed by atoms with Crippen LogP contribution in [0.5, 0.6) is 0 Å². The van der Waals surface area contributed by atoms with E-state index >= 15 is 0 Å². The molecule has 4 aromatic rings. The number of hydrogen-bond donors (Lipinski definition) is 2. The molecule has 2 amide bonds. The highest BCUT2D eigenvalue weighted by molar-refractivity contribution is 6.02. The van der Waals surface area contributed by atoms with Gasteiger partial charge in [-0.1, -0.05) is 30.3 Å². The fraction of sp³-hybridized carbons (Fsp3) is 0.0417. The monoisotopic (exact) mass is 414 g/mol. The van der Waals surface area contributed by atoms with Crippen LogP contribution in [-0.4, -0.2) is 24.4 Å². The molecular weight excluding hydrogens is 396 g/mol. The largest absolute Gasteiger partial charge is 0.459 e. The van der Waals surface area contributed by atoms with Gasteiger partial charge in [0.25, 0.3) is 11.8 Å². The van der Waals surface area contributed by atoms with Crippen LogP contribution < -0.4 is 10.6 Å². The Morgan fingerprint density at radius 1 is 0.774 bits per heavy atom. The molecule has 4 rings (SSSR count). The second-order valence-corrected chi connectivity index (χ2v) is 6.70. The number of rotatable bonds is 6. The predicted molar refractivity (Wildman–Crippen MR) is 116 cm³/mol. The van der Waals surface area contributed by atoms with E-state index in [1.807, 2.05) is 36.4 Å². The van der Waals surface area contributed by atoms with Crippen LogP contribution in [0, 0.1) is 0 Å². The summed E-state index contributed by atoms with van der Waals surface area (Å²) in [5.74, 6) is -1.30. The van der Waals surface area contributed by atoms with Gasteiger partial charge in [-0.2, -0.15) is 0 Å². The Kier molecular flexibility index (Phi) is 5.75. The Balaban J connectivity index is 1.29. The Bertz CT molecular complexity index is 1230. The third kappa shape index (κ3) is 4.97. The molecule has 0 radical (unpaired) electrons. The van der Waals surface area contributed by atoms with Crippen molar-refractivity contribution in [1.29, 1.82) is 0 Å². The third-order valence-corrected chi connectivity index (χ3v) is 4.49. The van der Waals surface area contributed by atoms with Crippen LogP contribution in [0.2, 0.25) is 0 Å². The molecule has 1 heterocycles. The van der Waals surface area contributed by atoms with Crippen molar-refractivity contribution in [1.82, 2.24) is 0 Å². The summed E-state index contributed by atoms with van der Waals surface area (Å²) in [6, 6.07) is 22.6. The molecule has 0 aliphatic heterocycles. The number of ether oxygens (including phenoxy) is 1. The molecule has 31 heavy (non-hydrogen) atoms. The number of fused-ring (bicyclic) bond motifs is 1. The average molecular weight is 414 g/mol. The number of esters is 1. The molecule has 0 aliphatic rings. The summed E-state index contributed by atoms with van der Waals surface area (Å²) in [6.07, 6.45) is 1.41. The van der Waals surface area contributed by atoms with Gasteiger partial charge in [0.1, 0.15) is 0 Å². The number of amides is 2. The highest BCUT2D eigenvalue weighted by atomic mass is 16.5. The van der Waals surface area contributed by atoms with Gasteiger partial charge in [-0.15, -0.1) is 0 Å². The van der Waals surface area contributed by atoms with Crippen LogP contribution in [0.25, 0.3) is 10.8 Å². The molecule has 1 aromatic heterocycles. The second-order valence-electron chi connectivity index (χ2n) is 6.70. The van der Waals surface area contributed by atoms with Crippen molar-refractivity contribution in [2.24, 2.45) is 0 Å². The molecule has 0 saturated carbocycles. The average Bonchev–Trinajstić information content (AvgIpc) is 3.33. The fourth-order valence-electron chi connectivity index (χ4n) is 2.97. The van der Waals surface area contributed by atoms with E-state index in [4.69, 9.17) is 9.15 Å². The first-order valence-electron chi connectivity index (χ1n) is 9.49. The molecule has 0 unspecified atom stereocenters. The van der Waals surface area contributed by atoms with Gasteiger partial charge in [0.2, 0.25) is 0 Å². The molecule has 7 nitrogen and oxygen atoms in total. The number of nitrogens with one attached hydrogen (secondary N) is 2. The first kappa shape index (κ1) is 19.9. The summed E-state index contributed by atoms with van der Waals surface area (Å²) in [5.41, 5.74) is 1.37. The van der Waals surface area contributed by atoms with Gasteiger partial charge in [0.15, 0.2) is 12.4 Å². The maximum absolute atomic E-state index is 12.2. The number of benzene rings is 3. The van der Waals surface area contributed by atoms with Crippen LogP contribution in [0.3, 0.4) is 0 Å². The van der Waals surface area contributed by atoms with Gasteiger partial charge in [0.05, 0.1) is 11.8 Å². The highest BCUT2D eigenvalue weighted by Gasteiger charge is 2.12. The summed E-state index contributed by atoms with van der Waals surface area (Å²) in [7, 11) is 0. The van der Waals surface area contributed by atoms with Crippen LogP contribution in [-0.2, 0) is 9.53 Å². The van der Waals surface area contributed by atoms with Gasteiger partial charge in [0, 0.05) is 11.4 Å². The molecule has 0 bridgehead atoms. The van der Waals surface area contributed by atoms with E-state index in [2.05, 4.69) is 10.6 Å². The topological polar surface area (TPSA) is 97.6 Å². The number of furan rings is 1. The van der Waals surface area contributed by atoms with Crippen molar-refractivity contribution in [3.8, 4) is 0 Å². The van der Waals surface area contributed by atoms with Gasteiger partial charge < -0.3 is 19.8 Å². The lowest BCUT2D eigenvalue weighted by Gasteiger charge is -2.08. The molecule has 0 atom stereocenters. The van der Waals surface area contributed by atoms with Crippen LogP contribution in [0.4, 0.5) is 11.4 Å². The van der Waals surface area contributed by atoms with Crippen molar-refractivity contribution in [2.75, 3.05) is 17.2 Å². The molecule has 0 spiro atoms. The zero-order valence-electron chi connectivity index (χ0n) is 16.3. The summed E-state index contributed by atoms with van der Waals surface area (Å²) >= 11 is 0. The lowest BCUT2D eigenvalue weighted by molar-refractivity contribution is -0.119. The van der Waals surface area contributed by atoms with Crippen molar-refractivity contribution in [3.05, 3.63) is 96.4 Å². The lowest BCUT2D eigenvalue weighted by Crippen LogP contribution is -2.21. The third-order valence-electron chi connectivity index (χ3n) is 4.49. The van der Waals surface area contributed by atoms with Crippen molar-refractivity contribution < 1.29 is 23.5 Å². The molecule has 3 aromatic carbocycles. The Hall–Kier alpha value is -4.39. The van der Waals surface area contributed by atoms with Gasteiger partial charge in [-0.05, 0) is 59.3 Å². The molecule has 7 heteroatoms. The standard InChI is InChI=1S/C24H18N2O5/c27-22(25-20-12-7-16-4-1-2-5-18(16)14-20)15-31-24(29)17-8-10-19(11-9-17)26-23(28)21-6-3-13-30-21/h1-14H,15H2,(H,25,27)(H,26,28). The van der Waals surface area contributed by atoms with Crippen LogP contribution >= 0.6 is 0 Å². The Morgan fingerprint density at radius 2 is 1.52 bits per heavy atom. The predicted octanol–water partition coefficient (Wildman–Crippen LogP) is 4.48. The maximum atomic E-state index is 12.2. The minimum Gasteiger partial charge on any atom is -0.459 e. The van der Waals surface area contributed by atoms with Gasteiger partial charge in [-0.3, -0.25) is 9.59 Å². The number of hydrogen-bond acceptors (Lipinski definition) is 5. The minimum atomic E-state index is -0.641.